The number of anilines is 1. The number of carbonyl (C=O) groups is 1. The minimum absolute atomic E-state index is 0.123. The molecule has 5 nitrogen and oxygen atoms in total. The van der Waals surface area contributed by atoms with Crippen LogP contribution in [-0.2, 0) is 11.8 Å². The smallest absolute Gasteiger partial charge is 0.268 e. The average Bonchev–Trinajstić information content (AvgIpc) is 2.93. The van der Waals surface area contributed by atoms with E-state index in [1.54, 1.807) is 26.3 Å². The van der Waals surface area contributed by atoms with Crippen LogP contribution in [0.5, 0.6) is 5.75 Å². The highest BCUT2D eigenvalue weighted by molar-refractivity contribution is 7.07. The van der Waals surface area contributed by atoms with Gasteiger partial charge in [0.2, 0.25) is 0 Å². The summed E-state index contributed by atoms with van der Waals surface area (Å²) in [7, 11) is 3.22. The third-order valence-electron chi connectivity index (χ3n) is 4.40. The van der Waals surface area contributed by atoms with Crippen LogP contribution in [0.25, 0.3) is 12.2 Å². The van der Waals surface area contributed by atoms with Crippen LogP contribution in [0, 0.1) is 13.8 Å². The molecule has 1 amide bonds. The van der Waals surface area contributed by atoms with Gasteiger partial charge < -0.3 is 14.6 Å². The molecule has 0 aliphatic heterocycles. The van der Waals surface area contributed by atoms with Gasteiger partial charge in [-0.2, -0.15) is 0 Å². The van der Waals surface area contributed by atoms with Gasteiger partial charge in [-0.3, -0.25) is 9.59 Å². The van der Waals surface area contributed by atoms with Crippen molar-refractivity contribution in [3.8, 4) is 5.75 Å². The van der Waals surface area contributed by atoms with E-state index in [0.29, 0.717) is 20.6 Å². The number of nitrogens with one attached hydrogen (secondary N) is 1. The Labute approximate surface area is 167 Å². The number of amides is 1. The molecule has 1 N–H and O–H groups in total. The molecule has 0 saturated carbocycles. The molecule has 28 heavy (non-hydrogen) atoms. The van der Waals surface area contributed by atoms with E-state index in [1.807, 2.05) is 50.3 Å². The van der Waals surface area contributed by atoms with Gasteiger partial charge in [0, 0.05) is 13.1 Å². The van der Waals surface area contributed by atoms with Crippen LogP contribution in [0.1, 0.15) is 16.7 Å². The summed E-state index contributed by atoms with van der Waals surface area (Å²) in [6.07, 6.45) is 3.31. The predicted octanol–water partition coefficient (Wildman–Crippen LogP) is 2.32. The minimum atomic E-state index is -0.320. The third-order valence-corrected chi connectivity index (χ3v) is 5.51. The molecule has 0 bridgehead atoms. The van der Waals surface area contributed by atoms with Gasteiger partial charge in [0.25, 0.3) is 11.5 Å². The Morgan fingerprint density at radius 3 is 2.68 bits per heavy atom. The molecule has 1 aromatic heterocycles. The summed E-state index contributed by atoms with van der Waals surface area (Å²) in [6.45, 7) is 4.03. The number of nitrogens with zero attached hydrogens (tertiary/aromatic N) is 1. The van der Waals surface area contributed by atoms with Crippen molar-refractivity contribution in [2.24, 2.45) is 7.05 Å². The summed E-state index contributed by atoms with van der Waals surface area (Å²) in [4.78, 5) is 25.0. The fraction of sp³-hybridized carbons (Fsp3) is 0.182. The zero-order valence-corrected chi connectivity index (χ0v) is 17.1. The van der Waals surface area contributed by atoms with Gasteiger partial charge in [0.05, 0.1) is 17.3 Å². The normalized spacial score (nSPS) is 12.3. The van der Waals surface area contributed by atoms with E-state index in [4.69, 9.17) is 4.74 Å². The zero-order valence-electron chi connectivity index (χ0n) is 16.3. The second-order valence-corrected chi connectivity index (χ2v) is 7.57. The molecule has 2 aromatic carbocycles. The second kappa shape index (κ2) is 8.27. The fourth-order valence-electron chi connectivity index (χ4n) is 2.79. The van der Waals surface area contributed by atoms with E-state index in [0.717, 1.165) is 16.7 Å². The number of ether oxygens (including phenoxy) is 1. The molecule has 1 heterocycles. The number of rotatable bonds is 4. The molecule has 0 fully saturated rings. The van der Waals surface area contributed by atoms with Gasteiger partial charge >= 0.3 is 0 Å². The highest BCUT2D eigenvalue weighted by Crippen LogP contribution is 2.22. The molecule has 0 aliphatic rings. The number of para-hydroxylation sites is 2. The Balaban J connectivity index is 1.99. The minimum Gasteiger partial charge on any atom is -0.495 e. The highest BCUT2D eigenvalue weighted by Gasteiger charge is 2.07. The van der Waals surface area contributed by atoms with Crippen molar-refractivity contribution in [2.45, 2.75) is 13.8 Å². The Bertz CT molecular complexity index is 1210. The molecule has 0 saturated heterocycles. The van der Waals surface area contributed by atoms with E-state index in [9.17, 15) is 9.59 Å². The first-order valence-corrected chi connectivity index (χ1v) is 9.61. The van der Waals surface area contributed by atoms with E-state index in [-0.39, 0.29) is 11.5 Å². The van der Waals surface area contributed by atoms with Crippen LogP contribution < -0.4 is 24.8 Å². The highest BCUT2D eigenvalue weighted by atomic mass is 32.1. The Kier molecular flexibility index (Phi) is 5.80. The molecule has 0 spiro atoms. The van der Waals surface area contributed by atoms with E-state index in [1.165, 1.54) is 22.0 Å². The van der Waals surface area contributed by atoms with Crippen molar-refractivity contribution in [1.82, 2.24) is 4.57 Å². The topological polar surface area (TPSA) is 60.3 Å². The van der Waals surface area contributed by atoms with Crippen molar-refractivity contribution < 1.29 is 9.53 Å². The number of hydrogen-bond acceptors (Lipinski definition) is 4. The van der Waals surface area contributed by atoms with Gasteiger partial charge in [-0.15, -0.1) is 11.3 Å². The number of methoxy groups -OCH3 is 1. The number of carbonyl (C=O) groups excluding carboxylic acids is 1. The van der Waals surface area contributed by atoms with E-state index >= 15 is 0 Å². The van der Waals surface area contributed by atoms with Crippen molar-refractivity contribution in [3.63, 3.8) is 0 Å². The summed E-state index contributed by atoms with van der Waals surface area (Å²) in [5.41, 5.74) is 3.69. The lowest BCUT2D eigenvalue weighted by molar-refractivity contribution is -0.110. The average molecular weight is 394 g/mol. The first-order valence-electron chi connectivity index (χ1n) is 8.79. The van der Waals surface area contributed by atoms with Crippen molar-refractivity contribution in [1.29, 1.82) is 0 Å². The molecule has 0 atom stereocenters. The number of aromatic nitrogens is 1. The predicted molar refractivity (Wildman–Crippen MR) is 114 cm³/mol. The number of hydrogen-bond donors (Lipinski definition) is 1. The van der Waals surface area contributed by atoms with Crippen LogP contribution in [0.3, 0.4) is 0 Å². The van der Waals surface area contributed by atoms with Crippen LogP contribution in [0.15, 0.2) is 47.3 Å². The first kappa shape index (κ1) is 19.6. The van der Waals surface area contributed by atoms with Gasteiger partial charge in [-0.05, 0) is 43.2 Å². The molecule has 144 valence electrons. The second-order valence-electron chi connectivity index (χ2n) is 6.51. The van der Waals surface area contributed by atoms with Gasteiger partial charge in [-0.1, -0.05) is 35.9 Å². The van der Waals surface area contributed by atoms with Crippen LogP contribution >= 0.6 is 11.3 Å². The number of benzene rings is 2. The van der Waals surface area contributed by atoms with Gasteiger partial charge in [-0.25, -0.2) is 0 Å². The van der Waals surface area contributed by atoms with Crippen LogP contribution in [0.4, 0.5) is 5.69 Å². The Morgan fingerprint density at radius 2 is 1.93 bits per heavy atom. The molecule has 3 rings (SSSR count). The molecular formula is C22H22N2O3S. The van der Waals surface area contributed by atoms with Crippen LogP contribution in [0.2, 0.25) is 0 Å². The van der Waals surface area contributed by atoms with Crippen molar-refractivity contribution >= 4 is 35.1 Å². The fourth-order valence-corrected chi connectivity index (χ4v) is 3.81. The summed E-state index contributed by atoms with van der Waals surface area (Å²) in [6, 6.07) is 13.3. The Morgan fingerprint density at radius 1 is 1.18 bits per heavy atom. The van der Waals surface area contributed by atoms with Crippen LogP contribution in [-0.4, -0.2) is 17.6 Å². The summed E-state index contributed by atoms with van der Waals surface area (Å²) >= 11 is 1.29. The summed E-state index contributed by atoms with van der Waals surface area (Å²) < 4.78 is 7.90. The lowest BCUT2D eigenvalue weighted by Gasteiger charge is -2.07. The zero-order chi connectivity index (χ0) is 20.3. The van der Waals surface area contributed by atoms with Gasteiger partial charge in [0.15, 0.2) is 0 Å². The Hall–Kier alpha value is -3.12. The lowest BCUT2D eigenvalue weighted by Crippen LogP contribution is -2.29. The maximum atomic E-state index is 12.6. The summed E-state index contributed by atoms with van der Waals surface area (Å²) in [5.74, 6) is 0.257. The third kappa shape index (κ3) is 4.23. The number of aryl methyl sites for hydroxylation is 2. The quantitative estimate of drug-likeness (QED) is 0.739. The molecule has 0 unspecified atom stereocenters. The van der Waals surface area contributed by atoms with E-state index < -0.39 is 0 Å². The van der Waals surface area contributed by atoms with E-state index in [2.05, 4.69) is 5.32 Å². The maximum Gasteiger partial charge on any atom is 0.268 e. The van der Waals surface area contributed by atoms with Gasteiger partial charge in [0.1, 0.15) is 10.4 Å². The van der Waals surface area contributed by atoms with Crippen molar-refractivity contribution in [2.75, 3.05) is 12.4 Å². The maximum absolute atomic E-state index is 12.6. The molecule has 3 aromatic rings. The lowest BCUT2D eigenvalue weighted by atomic mass is 10.1. The largest absolute Gasteiger partial charge is 0.495 e. The van der Waals surface area contributed by atoms with Crippen molar-refractivity contribution in [3.05, 3.63) is 78.7 Å². The molecule has 0 aliphatic carbocycles. The first-order chi connectivity index (χ1) is 13.4. The molecule has 6 heteroatoms. The molecule has 0 radical (unpaired) electrons. The number of thiazole rings is 1. The monoisotopic (exact) mass is 394 g/mol. The SMILES string of the molecule is COc1ccccc1NC(=O)/C=c1\s/c(=C\c2cc(C)ccc2C)c(=O)n1C. The molecular weight excluding hydrogens is 372 g/mol. The summed E-state index contributed by atoms with van der Waals surface area (Å²) in [5, 5.41) is 2.79. The standard InChI is InChI=1S/C22H22N2O3S/c1-14-9-10-15(2)16(11-14)12-19-22(26)24(3)21(28-19)13-20(25)23-17-7-5-6-8-18(17)27-4/h5-13H,1-4H3,(H,23,25)/b19-12-,21-13-.